The van der Waals surface area contributed by atoms with Gasteiger partial charge in [0.1, 0.15) is 5.75 Å². The van der Waals surface area contributed by atoms with E-state index in [1.807, 2.05) is 0 Å². The molecule has 0 aliphatic rings. The molecule has 0 bridgehead atoms. The van der Waals surface area contributed by atoms with E-state index in [9.17, 15) is 13.2 Å². The molecule has 1 heterocycles. The Morgan fingerprint density at radius 2 is 2.15 bits per heavy atom. The highest BCUT2D eigenvalue weighted by Crippen LogP contribution is 2.21. The van der Waals surface area contributed by atoms with Crippen molar-refractivity contribution in [2.75, 3.05) is 12.0 Å². The lowest BCUT2D eigenvalue weighted by atomic mass is 10.2. The summed E-state index contributed by atoms with van der Waals surface area (Å²) in [4.78, 5) is 11.3. The highest BCUT2D eigenvalue weighted by atomic mass is 79.9. The second-order valence-corrected chi connectivity index (χ2v) is 6.36. The Kier molecular flexibility index (Phi) is 3.26. The summed E-state index contributed by atoms with van der Waals surface area (Å²) in [6, 6.07) is 0. The van der Waals surface area contributed by atoms with Crippen molar-refractivity contribution in [2.24, 2.45) is 0 Å². The predicted molar refractivity (Wildman–Crippen MR) is 56.1 cm³/mol. The van der Waals surface area contributed by atoms with Gasteiger partial charge in [0.25, 0.3) is 0 Å². The van der Waals surface area contributed by atoms with Crippen LogP contribution in [0.2, 0.25) is 0 Å². The van der Waals surface area contributed by atoms with E-state index in [0.717, 1.165) is 6.26 Å². The minimum atomic E-state index is -3.23. The predicted octanol–water partition coefficient (Wildman–Crippen LogP) is 1.74. The highest BCUT2D eigenvalue weighted by Gasteiger charge is 2.16. The number of thiophene rings is 1. The summed E-state index contributed by atoms with van der Waals surface area (Å²) < 4.78 is 22.3. The van der Waals surface area contributed by atoms with E-state index >= 15 is 0 Å². The van der Waals surface area contributed by atoms with Crippen LogP contribution in [-0.4, -0.2) is 26.2 Å². The van der Waals surface area contributed by atoms with Crippen molar-refractivity contribution in [1.29, 1.82) is 0 Å². The van der Waals surface area contributed by atoms with Gasteiger partial charge in [-0.1, -0.05) is 0 Å². The van der Waals surface area contributed by atoms with Crippen molar-refractivity contribution >= 4 is 42.9 Å². The number of halogens is 1. The maximum Gasteiger partial charge on any atom is 0.179 e. The average Bonchev–Trinajstić information content (AvgIpc) is 2.30. The first kappa shape index (κ1) is 10.9. The van der Waals surface area contributed by atoms with Crippen molar-refractivity contribution in [3.8, 4) is 0 Å². The first-order valence-corrected chi connectivity index (χ1v) is 7.12. The average molecular weight is 283 g/mol. The van der Waals surface area contributed by atoms with Gasteiger partial charge in [-0.15, -0.1) is 0 Å². The van der Waals surface area contributed by atoms with Gasteiger partial charge in [0, 0.05) is 27.1 Å². The van der Waals surface area contributed by atoms with Gasteiger partial charge in [-0.25, -0.2) is 8.42 Å². The smallest absolute Gasteiger partial charge is 0.179 e. The van der Waals surface area contributed by atoms with Gasteiger partial charge in [0.15, 0.2) is 15.6 Å². The molecular formula is C7H7BrO3S2. The van der Waals surface area contributed by atoms with Crippen molar-refractivity contribution in [3.63, 3.8) is 0 Å². The number of sulfone groups is 1. The summed E-state index contributed by atoms with van der Waals surface area (Å²) in [5, 5.41) is 3.38. The summed E-state index contributed by atoms with van der Waals surface area (Å²) in [5.74, 6) is -0.793. The van der Waals surface area contributed by atoms with Crippen LogP contribution < -0.4 is 0 Å². The quantitative estimate of drug-likeness (QED) is 0.794. The molecule has 3 nitrogen and oxygen atoms in total. The van der Waals surface area contributed by atoms with Gasteiger partial charge >= 0.3 is 0 Å². The zero-order valence-corrected chi connectivity index (χ0v) is 10.0. The fraction of sp³-hybridized carbons (Fsp3) is 0.286. The lowest BCUT2D eigenvalue weighted by Gasteiger charge is -1.96. The van der Waals surface area contributed by atoms with Crippen LogP contribution in [-0.2, 0) is 9.84 Å². The Morgan fingerprint density at radius 1 is 1.54 bits per heavy atom. The van der Waals surface area contributed by atoms with E-state index < -0.39 is 15.6 Å². The van der Waals surface area contributed by atoms with Crippen LogP contribution in [0.4, 0.5) is 0 Å². The molecule has 0 amide bonds. The Bertz CT molecular complexity index is 419. The molecule has 0 spiro atoms. The van der Waals surface area contributed by atoms with E-state index in [-0.39, 0.29) is 5.78 Å². The maximum absolute atomic E-state index is 11.3. The second-order valence-electron chi connectivity index (χ2n) is 2.63. The van der Waals surface area contributed by atoms with E-state index in [2.05, 4.69) is 15.9 Å². The molecule has 0 atom stereocenters. The topological polar surface area (TPSA) is 51.2 Å². The van der Waals surface area contributed by atoms with Crippen molar-refractivity contribution < 1.29 is 13.2 Å². The summed E-state index contributed by atoms with van der Waals surface area (Å²) >= 11 is 4.53. The molecule has 1 rings (SSSR count). The van der Waals surface area contributed by atoms with Crippen LogP contribution in [0.15, 0.2) is 15.2 Å². The van der Waals surface area contributed by atoms with Gasteiger partial charge in [0.05, 0.1) is 0 Å². The van der Waals surface area contributed by atoms with E-state index in [1.54, 1.807) is 10.8 Å². The largest absolute Gasteiger partial charge is 0.293 e. The van der Waals surface area contributed by atoms with Crippen molar-refractivity contribution in [3.05, 3.63) is 20.8 Å². The maximum atomic E-state index is 11.3. The molecule has 1 aromatic rings. The van der Waals surface area contributed by atoms with Crippen LogP contribution >= 0.6 is 27.3 Å². The number of rotatable bonds is 3. The highest BCUT2D eigenvalue weighted by molar-refractivity contribution is 9.10. The zero-order chi connectivity index (χ0) is 10.1. The molecule has 0 saturated carbocycles. The van der Waals surface area contributed by atoms with Gasteiger partial charge in [-0.3, -0.25) is 4.79 Å². The standard InChI is InChI=1S/C7H7BrO3S2/c1-13(10,11)4-7(9)5-2-12-3-6(5)8/h2-3H,4H2,1H3. The molecule has 1 aromatic heterocycles. The normalized spacial score (nSPS) is 11.5. The van der Waals surface area contributed by atoms with E-state index in [1.165, 1.54) is 11.3 Å². The molecule has 0 N–H and O–H groups in total. The molecule has 0 aliphatic heterocycles. The fourth-order valence-electron chi connectivity index (χ4n) is 0.796. The second kappa shape index (κ2) is 3.89. The minimum absolute atomic E-state index is 0.365. The number of hydrogen-bond acceptors (Lipinski definition) is 4. The minimum Gasteiger partial charge on any atom is -0.293 e. The molecular weight excluding hydrogens is 276 g/mol. The Balaban J connectivity index is 2.88. The molecule has 0 aliphatic carbocycles. The summed E-state index contributed by atoms with van der Waals surface area (Å²) in [7, 11) is -3.23. The van der Waals surface area contributed by atoms with Crippen LogP contribution in [0.3, 0.4) is 0 Å². The molecule has 6 heteroatoms. The Hall–Kier alpha value is -0.200. The van der Waals surface area contributed by atoms with Crippen molar-refractivity contribution in [2.45, 2.75) is 0 Å². The first-order chi connectivity index (χ1) is 5.90. The summed E-state index contributed by atoms with van der Waals surface area (Å²) in [6.07, 6.45) is 1.05. The lowest BCUT2D eigenvalue weighted by molar-refractivity contribution is 0.102. The van der Waals surface area contributed by atoms with Crippen LogP contribution in [0.25, 0.3) is 0 Å². The third-order valence-corrected chi connectivity index (χ3v) is 3.80. The molecule has 0 radical (unpaired) electrons. The Morgan fingerprint density at radius 3 is 2.54 bits per heavy atom. The van der Waals surface area contributed by atoms with Gasteiger partial charge < -0.3 is 0 Å². The molecule has 72 valence electrons. The van der Waals surface area contributed by atoms with Crippen LogP contribution in [0.5, 0.6) is 0 Å². The van der Waals surface area contributed by atoms with E-state index in [4.69, 9.17) is 0 Å². The summed E-state index contributed by atoms with van der Waals surface area (Å²) in [5.41, 5.74) is 0.440. The summed E-state index contributed by atoms with van der Waals surface area (Å²) in [6.45, 7) is 0. The van der Waals surface area contributed by atoms with Gasteiger partial charge in [-0.05, 0) is 15.9 Å². The molecule has 0 unspecified atom stereocenters. The fourth-order valence-corrected chi connectivity index (χ4v) is 2.95. The number of hydrogen-bond donors (Lipinski definition) is 0. The van der Waals surface area contributed by atoms with Gasteiger partial charge in [0.2, 0.25) is 0 Å². The number of carbonyl (C=O) groups excluding carboxylic acids is 1. The van der Waals surface area contributed by atoms with Gasteiger partial charge in [-0.2, -0.15) is 11.3 Å². The lowest BCUT2D eigenvalue weighted by Crippen LogP contribution is -2.14. The Labute approximate surface area is 88.8 Å². The SMILES string of the molecule is CS(=O)(=O)CC(=O)c1cscc1Br. The first-order valence-electron chi connectivity index (χ1n) is 3.33. The molecule has 0 fully saturated rings. The third kappa shape index (κ3) is 3.21. The van der Waals surface area contributed by atoms with E-state index in [0.29, 0.717) is 10.0 Å². The van der Waals surface area contributed by atoms with Crippen LogP contribution in [0.1, 0.15) is 10.4 Å². The molecule has 0 aromatic carbocycles. The van der Waals surface area contributed by atoms with Crippen LogP contribution in [0, 0.1) is 0 Å². The molecule has 13 heavy (non-hydrogen) atoms. The number of Topliss-reactive ketones (excluding diaryl/α,β-unsaturated/α-hetero) is 1. The number of carbonyl (C=O) groups is 1. The third-order valence-electron chi connectivity index (χ3n) is 1.31. The monoisotopic (exact) mass is 282 g/mol. The molecule has 0 saturated heterocycles. The van der Waals surface area contributed by atoms with Crippen molar-refractivity contribution in [1.82, 2.24) is 0 Å². The zero-order valence-electron chi connectivity index (χ0n) is 6.78. The number of ketones is 1.